The molecule has 1 aromatic heterocycles. The molecule has 1 aliphatic heterocycles. The van der Waals surface area contributed by atoms with E-state index in [1.807, 2.05) is 41.3 Å². The average molecular weight is 451 g/mol. The number of anilines is 4. The van der Waals surface area contributed by atoms with Gasteiger partial charge in [0.05, 0.1) is 17.8 Å². The zero-order chi connectivity index (χ0) is 23.8. The molecule has 0 spiro atoms. The predicted octanol–water partition coefficient (Wildman–Crippen LogP) is 2.15. The molecule has 34 heavy (non-hydrogen) atoms. The van der Waals surface area contributed by atoms with Gasteiger partial charge in [-0.3, -0.25) is 4.79 Å². The molecule has 5 rings (SSSR count). The third-order valence-electron chi connectivity index (χ3n) is 6.13. The zero-order valence-electron chi connectivity index (χ0n) is 18.1. The largest absolute Gasteiger partial charge is 0.382 e. The number of nitrogens with zero attached hydrogens (tertiary/aromatic N) is 6. The van der Waals surface area contributed by atoms with Gasteiger partial charge in [0.15, 0.2) is 11.6 Å². The number of aromatic nitrogens is 2. The summed E-state index contributed by atoms with van der Waals surface area (Å²) < 4.78 is 0. The summed E-state index contributed by atoms with van der Waals surface area (Å²) in [6, 6.07) is 13.5. The third-order valence-corrected chi connectivity index (χ3v) is 6.13. The highest BCUT2D eigenvalue weighted by Crippen LogP contribution is 2.39. The Hall–Kier alpha value is -4.70. The number of ketones is 1. The lowest BCUT2D eigenvalue weighted by atomic mass is 9.88. The Balaban J connectivity index is 1.62. The van der Waals surface area contributed by atoms with E-state index in [9.17, 15) is 15.3 Å². The maximum Gasteiger partial charge on any atom is 0.224 e. The first kappa shape index (κ1) is 21.2. The number of nitrogens with two attached hydrogens (primary N) is 2. The van der Waals surface area contributed by atoms with Gasteiger partial charge in [-0.2, -0.15) is 20.5 Å². The molecule has 2 aliphatic carbocycles. The summed E-state index contributed by atoms with van der Waals surface area (Å²) in [6.07, 6.45) is 5.01. The SMILES string of the molecule is N#Cc1c(N)nc(N)nc1NC(C1=NC2=C(CN1c1ccccc1)C(C#N)C(=O)C=C2)C1CC1. The summed E-state index contributed by atoms with van der Waals surface area (Å²) in [5, 5.41) is 22.6. The molecule has 0 saturated heterocycles. The van der Waals surface area contributed by atoms with E-state index in [4.69, 9.17) is 16.5 Å². The lowest BCUT2D eigenvalue weighted by molar-refractivity contribution is -0.116. The van der Waals surface area contributed by atoms with Crippen LogP contribution in [0.5, 0.6) is 0 Å². The van der Waals surface area contributed by atoms with E-state index in [-0.39, 0.29) is 40.9 Å². The summed E-state index contributed by atoms with van der Waals surface area (Å²) in [7, 11) is 0. The van der Waals surface area contributed by atoms with Crippen LogP contribution in [0.2, 0.25) is 0 Å². The first-order chi connectivity index (χ1) is 16.5. The Labute approximate surface area is 195 Å². The normalized spacial score (nSPS) is 20.2. The number of rotatable bonds is 5. The van der Waals surface area contributed by atoms with Crippen LogP contribution in [0, 0.1) is 34.5 Å². The minimum Gasteiger partial charge on any atom is -0.382 e. The number of carbonyl (C=O) groups excluding carboxylic acids is 1. The van der Waals surface area contributed by atoms with Crippen LogP contribution >= 0.6 is 0 Å². The molecule has 10 nitrogen and oxygen atoms in total. The van der Waals surface area contributed by atoms with Gasteiger partial charge in [0.2, 0.25) is 5.95 Å². The smallest absolute Gasteiger partial charge is 0.224 e. The van der Waals surface area contributed by atoms with Crippen molar-refractivity contribution >= 4 is 34.9 Å². The van der Waals surface area contributed by atoms with E-state index < -0.39 is 5.92 Å². The second-order valence-corrected chi connectivity index (χ2v) is 8.36. The van der Waals surface area contributed by atoms with Crippen LogP contribution in [-0.2, 0) is 4.79 Å². The maximum atomic E-state index is 12.3. The summed E-state index contributed by atoms with van der Waals surface area (Å²) in [6.45, 7) is 0.344. The van der Waals surface area contributed by atoms with Crippen molar-refractivity contribution < 1.29 is 4.79 Å². The third kappa shape index (κ3) is 3.71. The van der Waals surface area contributed by atoms with Gasteiger partial charge in [-0.25, -0.2) is 4.99 Å². The highest BCUT2D eigenvalue weighted by Gasteiger charge is 2.41. The number of aliphatic imine (C=N–C) groups is 1. The molecule has 0 amide bonds. The van der Waals surface area contributed by atoms with Crippen LogP contribution in [0.3, 0.4) is 0 Å². The Morgan fingerprint density at radius 2 is 1.88 bits per heavy atom. The molecular weight excluding hydrogens is 430 g/mol. The number of hydrogen-bond donors (Lipinski definition) is 3. The number of nitrogen functional groups attached to an aromatic ring is 2. The van der Waals surface area contributed by atoms with E-state index in [0.29, 0.717) is 23.7 Å². The topological polar surface area (TPSA) is 170 Å². The van der Waals surface area contributed by atoms with Gasteiger partial charge in [0, 0.05) is 17.8 Å². The fourth-order valence-corrected chi connectivity index (χ4v) is 4.29. The standard InChI is InChI=1S/C24H21N9O/c25-10-15-17-12-33(14-4-2-1-3-5-14)23(29-18(17)8-9-19(15)34)20(13-6-7-13)30-22-16(11-26)21(27)31-24(28)32-22/h1-5,8-9,13,15,20H,6-7,12H2,(H5,27,28,30,31,32). The quantitative estimate of drug-likeness (QED) is 0.616. The number of benzene rings is 1. The first-order valence-corrected chi connectivity index (χ1v) is 10.9. The molecule has 0 radical (unpaired) electrons. The van der Waals surface area contributed by atoms with E-state index in [1.165, 1.54) is 6.08 Å². The van der Waals surface area contributed by atoms with Gasteiger partial charge in [-0.05, 0) is 43.0 Å². The average Bonchev–Trinajstić information content (AvgIpc) is 3.67. The van der Waals surface area contributed by atoms with Crippen molar-refractivity contribution in [3.05, 3.63) is 59.3 Å². The molecule has 1 fully saturated rings. The number of para-hydroxylation sites is 1. The van der Waals surface area contributed by atoms with Gasteiger partial charge >= 0.3 is 0 Å². The summed E-state index contributed by atoms with van der Waals surface area (Å²) in [4.78, 5) is 27.4. The van der Waals surface area contributed by atoms with Crippen LogP contribution in [0.15, 0.2) is 58.7 Å². The van der Waals surface area contributed by atoms with Crippen molar-refractivity contribution in [1.29, 1.82) is 10.5 Å². The van der Waals surface area contributed by atoms with Crippen LogP contribution in [-0.4, -0.2) is 34.2 Å². The van der Waals surface area contributed by atoms with Crippen LogP contribution in [0.1, 0.15) is 18.4 Å². The second-order valence-electron chi connectivity index (χ2n) is 8.36. The number of hydrogen-bond acceptors (Lipinski definition) is 10. The Kier molecular flexibility index (Phi) is 5.19. The van der Waals surface area contributed by atoms with Crippen molar-refractivity contribution in [1.82, 2.24) is 9.97 Å². The Morgan fingerprint density at radius 1 is 1.12 bits per heavy atom. The molecule has 2 atom stereocenters. The summed E-state index contributed by atoms with van der Waals surface area (Å²) in [5.41, 5.74) is 14.0. The molecule has 2 heterocycles. The predicted molar refractivity (Wildman–Crippen MR) is 127 cm³/mol. The molecule has 2 aromatic rings. The summed E-state index contributed by atoms with van der Waals surface area (Å²) in [5.74, 6) is 0.0811. The Bertz CT molecular complexity index is 1340. The number of nitriles is 2. The van der Waals surface area contributed by atoms with Gasteiger partial charge < -0.3 is 21.7 Å². The van der Waals surface area contributed by atoms with Gasteiger partial charge in [0.25, 0.3) is 0 Å². The van der Waals surface area contributed by atoms with Gasteiger partial charge in [-0.1, -0.05) is 18.2 Å². The minimum absolute atomic E-state index is 0.00753. The second kappa shape index (κ2) is 8.34. The number of carbonyl (C=O) groups is 1. The van der Waals surface area contributed by atoms with Crippen LogP contribution < -0.4 is 21.7 Å². The highest BCUT2D eigenvalue weighted by molar-refractivity contribution is 6.07. The monoisotopic (exact) mass is 451 g/mol. The molecule has 3 aliphatic rings. The number of amidine groups is 1. The molecule has 2 unspecified atom stereocenters. The van der Waals surface area contributed by atoms with E-state index in [0.717, 1.165) is 18.5 Å². The lowest BCUT2D eigenvalue weighted by Crippen LogP contribution is -2.48. The highest BCUT2D eigenvalue weighted by atomic mass is 16.1. The molecule has 0 bridgehead atoms. The first-order valence-electron chi connectivity index (χ1n) is 10.9. The fourth-order valence-electron chi connectivity index (χ4n) is 4.29. The Morgan fingerprint density at radius 3 is 2.56 bits per heavy atom. The lowest BCUT2D eigenvalue weighted by Gasteiger charge is -2.37. The molecule has 1 saturated carbocycles. The number of allylic oxidation sites excluding steroid dienone is 2. The zero-order valence-corrected chi connectivity index (χ0v) is 18.1. The summed E-state index contributed by atoms with van der Waals surface area (Å²) >= 11 is 0. The molecule has 168 valence electrons. The van der Waals surface area contributed by atoms with Crippen molar-refractivity contribution in [3.63, 3.8) is 0 Å². The van der Waals surface area contributed by atoms with E-state index in [2.05, 4.69) is 21.4 Å². The van der Waals surface area contributed by atoms with Crippen LogP contribution in [0.25, 0.3) is 0 Å². The van der Waals surface area contributed by atoms with Crippen molar-refractivity contribution in [3.8, 4) is 12.1 Å². The van der Waals surface area contributed by atoms with Crippen LogP contribution in [0.4, 0.5) is 23.3 Å². The molecule has 5 N–H and O–H groups in total. The molecule has 10 heteroatoms. The molecular formula is C24H21N9O. The minimum atomic E-state index is -0.865. The maximum absolute atomic E-state index is 12.3. The number of nitrogens with one attached hydrogen (secondary N) is 1. The van der Waals surface area contributed by atoms with Crippen molar-refractivity contribution in [2.45, 2.75) is 18.9 Å². The fraction of sp³-hybridized carbons (Fsp3) is 0.250. The van der Waals surface area contributed by atoms with Crippen molar-refractivity contribution in [2.24, 2.45) is 16.8 Å². The van der Waals surface area contributed by atoms with E-state index in [1.54, 1.807) is 6.08 Å². The van der Waals surface area contributed by atoms with Gasteiger partial charge in [-0.15, -0.1) is 0 Å². The van der Waals surface area contributed by atoms with Crippen molar-refractivity contribution in [2.75, 3.05) is 28.2 Å². The molecule has 1 aromatic carbocycles. The van der Waals surface area contributed by atoms with E-state index >= 15 is 0 Å². The van der Waals surface area contributed by atoms with Gasteiger partial charge in [0.1, 0.15) is 29.2 Å².